The monoisotopic (exact) mass is 182 g/mol. The number of ketones is 2. The Balaban J connectivity index is 2.74. The Hall–Kier alpha value is -1.12. The molecular formula is C10H14O3. The van der Waals surface area contributed by atoms with E-state index >= 15 is 0 Å². The first-order valence-corrected chi connectivity index (χ1v) is 4.64. The van der Waals surface area contributed by atoms with Gasteiger partial charge in [0.1, 0.15) is 0 Å². The fourth-order valence-corrected chi connectivity index (χ4v) is 1.29. The Morgan fingerprint density at radius 1 is 1.23 bits per heavy atom. The SMILES string of the molecule is CCOC=C1C(=O)CCCCC1=O. The van der Waals surface area contributed by atoms with Crippen molar-refractivity contribution in [1.82, 2.24) is 0 Å². The molecule has 0 atom stereocenters. The number of rotatable bonds is 2. The van der Waals surface area contributed by atoms with E-state index in [0.29, 0.717) is 19.4 Å². The number of ether oxygens (including phenoxy) is 1. The smallest absolute Gasteiger partial charge is 0.169 e. The number of hydrogen-bond acceptors (Lipinski definition) is 3. The van der Waals surface area contributed by atoms with Gasteiger partial charge in [0.15, 0.2) is 11.6 Å². The van der Waals surface area contributed by atoms with Crippen molar-refractivity contribution in [2.75, 3.05) is 6.61 Å². The summed E-state index contributed by atoms with van der Waals surface area (Å²) in [7, 11) is 0. The zero-order valence-electron chi connectivity index (χ0n) is 7.84. The largest absolute Gasteiger partial charge is 0.501 e. The van der Waals surface area contributed by atoms with Crippen LogP contribution in [0.4, 0.5) is 0 Å². The average Bonchev–Trinajstić information content (AvgIpc) is 2.26. The molecule has 0 unspecified atom stereocenters. The minimum atomic E-state index is -0.0732. The quantitative estimate of drug-likeness (QED) is 0.282. The van der Waals surface area contributed by atoms with Gasteiger partial charge in [-0.2, -0.15) is 0 Å². The number of carbonyl (C=O) groups is 2. The molecule has 0 aliphatic heterocycles. The van der Waals surface area contributed by atoms with Gasteiger partial charge in [-0.25, -0.2) is 0 Å². The van der Waals surface area contributed by atoms with Gasteiger partial charge in [-0.05, 0) is 19.8 Å². The summed E-state index contributed by atoms with van der Waals surface area (Å²) in [5.74, 6) is -0.146. The van der Waals surface area contributed by atoms with Gasteiger partial charge in [0, 0.05) is 12.8 Å². The Bertz CT molecular complexity index is 221. The third-order valence-corrected chi connectivity index (χ3v) is 2.03. The van der Waals surface area contributed by atoms with Crippen LogP contribution in [-0.4, -0.2) is 18.2 Å². The van der Waals surface area contributed by atoms with Gasteiger partial charge in [-0.1, -0.05) is 0 Å². The summed E-state index contributed by atoms with van der Waals surface area (Å²) in [5, 5.41) is 0. The molecule has 0 saturated heterocycles. The topological polar surface area (TPSA) is 43.4 Å². The molecule has 1 aliphatic carbocycles. The minimum Gasteiger partial charge on any atom is -0.501 e. The summed E-state index contributed by atoms with van der Waals surface area (Å²) in [4.78, 5) is 22.7. The van der Waals surface area contributed by atoms with Crippen LogP contribution in [-0.2, 0) is 14.3 Å². The van der Waals surface area contributed by atoms with Crippen molar-refractivity contribution >= 4 is 11.6 Å². The lowest BCUT2D eigenvalue weighted by Crippen LogP contribution is -2.09. The Labute approximate surface area is 77.8 Å². The van der Waals surface area contributed by atoms with Crippen LogP contribution in [0, 0.1) is 0 Å². The molecule has 0 aromatic heterocycles. The molecule has 0 bridgehead atoms. The average molecular weight is 182 g/mol. The summed E-state index contributed by atoms with van der Waals surface area (Å²) in [6.45, 7) is 2.31. The second kappa shape index (κ2) is 4.80. The standard InChI is InChI=1S/C10H14O3/c1-2-13-7-8-9(11)5-3-4-6-10(8)12/h7H,2-6H2,1H3. The minimum absolute atomic E-state index is 0.0732. The van der Waals surface area contributed by atoms with Gasteiger partial charge < -0.3 is 4.74 Å². The molecule has 1 fully saturated rings. The van der Waals surface area contributed by atoms with Crippen LogP contribution < -0.4 is 0 Å². The molecular weight excluding hydrogens is 168 g/mol. The van der Waals surface area contributed by atoms with E-state index in [1.807, 2.05) is 6.92 Å². The molecule has 0 aromatic rings. The van der Waals surface area contributed by atoms with E-state index in [9.17, 15) is 9.59 Å². The van der Waals surface area contributed by atoms with Crippen LogP contribution >= 0.6 is 0 Å². The highest BCUT2D eigenvalue weighted by Gasteiger charge is 2.21. The van der Waals surface area contributed by atoms with E-state index in [1.54, 1.807) is 0 Å². The Morgan fingerprint density at radius 2 is 1.77 bits per heavy atom. The number of hydrogen-bond donors (Lipinski definition) is 0. The first kappa shape index (κ1) is 9.96. The highest BCUT2D eigenvalue weighted by atomic mass is 16.5. The number of Topliss-reactive ketones (excluding diaryl/α,β-unsaturated/α-hetero) is 2. The van der Waals surface area contributed by atoms with E-state index in [1.165, 1.54) is 6.26 Å². The van der Waals surface area contributed by atoms with Crippen LogP contribution in [0.5, 0.6) is 0 Å². The maximum absolute atomic E-state index is 11.4. The predicted octanol–water partition coefficient (Wildman–Crippen LogP) is 1.62. The molecule has 0 heterocycles. The summed E-state index contributed by atoms with van der Waals surface area (Å²) in [6.07, 6.45) is 3.90. The van der Waals surface area contributed by atoms with E-state index < -0.39 is 0 Å². The highest BCUT2D eigenvalue weighted by Crippen LogP contribution is 2.16. The van der Waals surface area contributed by atoms with Gasteiger partial charge in [0.25, 0.3) is 0 Å². The van der Waals surface area contributed by atoms with Crippen LogP contribution in [0.2, 0.25) is 0 Å². The van der Waals surface area contributed by atoms with Gasteiger partial charge in [-0.3, -0.25) is 9.59 Å². The zero-order valence-corrected chi connectivity index (χ0v) is 7.84. The van der Waals surface area contributed by atoms with Gasteiger partial charge >= 0.3 is 0 Å². The van der Waals surface area contributed by atoms with E-state index in [0.717, 1.165) is 12.8 Å². The molecule has 13 heavy (non-hydrogen) atoms. The molecule has 3 nitrogen and oxygen atoms in total. The fraction of sp³-hybridized carbons (Fsp3) is 0.600. The molecule has 72 valence electrons. The van der Waals surface area contributed by atoms with Gasteiger partial charge in [-0.15, -0.1) is 0 Å². The molecule has 0 N–H and O–H groups in total. The van der Waals surface area contributed by atoms with Crippen molar-refractivity contribution in [3.05, 3.63) is 11.8 Å². The van der Waals surface area contributed by atoms with Gasteiger partial charge in [0.2, 0.25) is 0 Å². The molecule has 3 heteroatoms. The fourth-order valence-electron chi connectivity index (χ4n) is 1.29. The maximum atomic E-state index is 11.4. The van der Waals surface area contributed by atoms with Crippen LogP contribution in [0.1, 0.15) is 32.6 Å². The molecule has 1 rings (SSSR count). The molecule has 0 amide bonds. The summed E-state index contributed by atoms with van der Waals surface area (Å²) >= 11 is 0. The first-order chi connectivity index (χ1) is 6.25. The lowest BCUT2D eigenvalue weighted by atomic mass is 10.1. The second-order valence-corrected chi connectivity index (χ2v) is 3.04. The summed E-state index contributed by atoms with van der Waals surface area (Å²) < 4.78 is 4.97. The molecule has 0 radical (unpaired) electrons. The first-order valence-electron chi connectivity index (χ1n) is 4.64. The van der Waals surface area contributed by atoms with Crippen molar-refractivity contribution < 1.29 is 14.3 Å². The van der Waals surface area contributed by atoms with Crippen molar-refractivity contribution in [2.45, 2.75) is 32.6 Å². The predicted molar refractivity (Wildman–Crippen MR) is 48.2 cm³/mol. The normalized spacial score (nSPS) is 18.4. The van der Waals surface area contributed by atoms with Crippen LogP contribution in [0.25, 0.3) is 0 Å². The lowest BCUT2D eigenvalue weighted by Gasteiger charge is -2.00. The Morgan fingerprint density at radius 3 is 2.23 bits per heavy atom. The maximum Gasteiger partial charge on any atom is 0.169 e. The highest BCUT2D eigenvalue weighted by molar-refractivity contribution is 6.20. The van der Waals surface area contributed by atoms with Gasteiger partial charge in [0.05, 0.1) is 18.4 Å². The van der Waals surface area contributed by atoms with Crippen molar-refractivity contribution in [3.63, 3.8) is 0 Å². The van der Waals surface area contributed by atoms with Crippen molar-refractivity contribution in [3.8, 4) is 0 Å². The van der Waals surface area contributed by atoms with E-state index in [2.05, 4.69) is 0 Å². The molecule has 1 aliphatic rings. The lowest BCUT2D eigenvalue weighted by molar-refractivity contribution is -0.120. The van der Waals surface area contributed by atoms with E-state index in [4.69, 9.17) is 4.74 Å². The summed E-state index contributed by atoms with van der Waals surface area (Å²) in [5.41, 5.74) is 0.249. The Kier molecular flexibility index (Phi) is 3.68. The van der Waals surface area contributed by atoms with Crippen molar-refractivity contribution in [2.24, 2.45) is 0 Å². The third-order valence-electron chi connectivity index (χ3n) is 2.03. The molecule has 1 saturated carbocycles. The number of carbonyl (C=O) groups excluding carboxylic acids is 2. The zero-order chi connectivity index (χ0) is 9.68. The number of allylic oxidation sites excluding steroid dienone is 1. The van der Waals surface area contributed by atoms with Crippen LogP contribution in [0.3, 0.4) is 0 Å². The van der Waals surface area contributed by atoms with Crippen molar-refractivity contribution in [1.29, 1.82) is 0 Å². The van der Waals surface area contributed by atoms with E-state index in [-0.39, 0.29) is 17.1 Å². The van der Waals surface area contributed by atoms with Crippen LogP contribution in [0.15, 0.2) is 11.8 Å². The molecule has 0 spiro atoms. The second-order valence-electron chi connectivity index (χ2n) is 3.04. The third kappa shape index (κ3) is 2.68. The summed E-state index contributed by atoms with van der Waals surface area (Å²) in [6, 6.07) is 0. The molecule has 0 aromatic carbocycles.